The van der Waals surface area contributed by atoms with Crippen LogP contribution >= 0.6 is 0 Å². The summed E-state index contributed by atoms with van der Waals surface area (Å²) in [6, 6.07) is 0. The van der Waals surface area contributed by atoms with Crippen molar-refractivity contribution in [1.29, 1.82) is 0 Å². The van der Waals surface area contributed by atoms with Gasteiger partial charge in [0, 0.05) is 13.6 Å². The van der Waals surface area contributed by atoms with Crippen LogP contribution in [0.1, 0.15) is 37.0 Å². The van der Waals surface area contributed by atoms with Crippen LogP contribution < -0.4 is 5.73 Å². The normalized spacial score (nSPS) is 10.3. The third-order valence-corrected chi connectivity index (χ3v) is 2.93. The minimum atomic E-state index is -0.525. The van der Waals surface area contributed by atoms with E-state index in [1.807, 2.05) is 0 Å². The van der Waals surface area contributed by atoms with Crippen molar-refractivity contribution in [3.63, 3.8) is 0 Å². The van der Waals surface area contributed by atoms with Crippen molar-refractivity contribution in [3.8, 4) is 0 Å². The van der Waals surface area contributed by atoms with Crippen LogP contribution in [-0.4, -0.2) is 46.8 Å². The molecule has 1 heterocycles. The van der Waals surface area contributed by atoms with Gasteiger partial charge >= 0.3 is 5.97 Å². The van der Waals surface area contributed by atoms with Crippen molar-refractivity contribution in [2.45, 2.75) is 33.2 Å². The highest BCUT2D eigenvalue weighted by Crippen LogP contribution is 2.12. The molecule has 112 valence electrons. The Morgan fingerprint density at radius 2 is 2.15 bits per heavy atom. The maximum absolute atomic E-state index is 12.0. The maximum atomic E-state index is 12.0. The highest BCUT2D eigenvalue weighted by molar-refractivity contribution is 5.94. The number of anilines is 1. The Hall–Kier alpha value is -2.05. The van der Waals surface area contributed by atoms with Gasteiger partial charge in [-0.1, -0.05) is 13.3 Å². The predicted octanol–water partition coefficient (Wildman–Crippen LogP) is 0.900. The number of nitrogens with two attached hydrogens (primary N) is 1. The standard InChI is InChI=1S/C13H22N4O3/c1-4-6-7-16(3)11(18)9-17-12(14)10(8-15-17)13(19)20-5-2/h8H,4-7,9,14H2,1-3H3. The highest BCUT2D eigenvalue weighted by atomic mass is 16.5. The molecule has 0 bridgehead atoms. The Kier molecular flexibility index (Phi) is 6.02. The summed E-state index contributed by atoms with van der Waals surface area (Å²) < 4.78 is 6.18. The summed E-state index contributed by atoms with van der Waals surface area (Å²) in [6.45, 7) is 4.76. The van der Waals surface area contributed by atoms with E-state index in [4.69, 9.17) is 10.5 Å². The monoisotopic (exact) mass is 282 g/mol. The van der Waals surface area contributed by atoms with Crippen LogP contribution in [0.15, 0.2) is 6.20 Å². The van der Waals surface area contributed by atoms with Crippen LogP contribution in [0.25, 0.3) is 0 Å². The number of nitrogens with zero attached hydrogens (tertiary/aromatic N) is 3. The van der Waals surface area contributed by atoms with Gasteiger partial charge in [-0.25, -0.2) is 9.48 Å². The molecule has 0 aliphatic rings. The molecular weight excluding hydrogens is 260 g/mol. The zero-order valence-corrected chi connectivity index (χ0v) is 12.3. The molecule has 0 aliphatic carbocycles. The molecule has 1 aromatic rings. The van der Waals surface area contributed by atoms with Crippen molar-refractivity contribution < 1.29 is 14.3 Å². The van der Waals surface area contributed by atoms with Crippen LogP contribution in [-0.2, 0) is 16.1 Å². The van der Waals surface area contributed by atoms with Gasteiger partial charge in [-0.3, -0.25) is 4.79 Å². The number of unbranched alkanes of at least 4 members (excludes halogenated alkanes) is 1. The second-order valence-electron chi connectivity index (χ2n) is 4.49. The molecule has 2 N–H and O–H groups in total. The lowest BCUT2D eigenvalue weighted by Crippen LogP contribution is -2.31. The van der Waals surface area contributed by atoms with Gasteiger partial charge in [0.25, 0.3) is 0 Å². The molecule has 0 saturated carbocycles. The fraction of sp³-hybridized carbons (Fsp3) is 0.615. The summed E-state index contributed by atoms with van der Waals surface area (Å²) in [6.07, 6.45) is 3.30. The number of likely N-dealkylation sites (N-methyl/N-ethyl adjacent to an activating group) is 1. The molecule has 7 nitrogen and oxygen atoms in total. The molecule has 1 amide bonds. The van der Waals surface area contributed by atoms with E-state index in [1.54, 1.807) is 18.9 Å². The highest BCUT2D eigenvalue weighted by Gasteiger charge is 2.18. The SMILES string of the molecule is CCCCN(C)C(=O)Cn1ncc(C(=O)OCC)c1N. The minimum Gasteiger partial charge on any atom is -0.462 e. The molecule has 1 aromatic heterocycles. The lowest BCUT2D eigenvalue weighted by atomic mass is 10.3. The average Bonchev–Trinajstić information content (AvgIpc) is 2.77. The zero-order chi connectivity index (χ0) is 15.1. The van der Waals surface area contributed by atoms with Crippen LogP contribution in [0.3, 0.4) is 0 Å². The Morgan fingerprint density at radius 3 is 2.75 bits per heavy atom. The van der Waals surface area contributed by atoms with Crippen molar-refractivity contribution in [2.24, 2.45) is 0 Å². The average molecular weight is 282 g/mol. The molecule has 0 unspecified atom stereocenters. The summed E-state index contributed by atoms with van der Waals surface area (Å²) in [5, 5.41) is 3.97. The summed E-state index contributed by atoms with van der Waals surface area (Å²) >= 11 is 0. The van der Waals surface area contributed by atoms with Crippen molar-refractivity contribution in [1.82, 2.24) is 14.7 Å². The van der Waals surface area contributed by atoms with E-state index < -0.39 is 5.97 Å². The maximum Gasteiger partial charge on any atom is 0.343 e. The summed E-state index contributed by atoms with van der Waals surface area (Å²) in [7, 11) is 1.74. The first-order chi connectivity index (χ1) is 9.51. The third-order valence-electron chi connectivity index (χ3n) is 2.93. The summed E-state index contributed by atoms with van der Waals surface area (Å²) in [5.74, 6) is -0.465. The molecule has 1 rings (SSSR count). The van der Waals surface area contributed by atoms with Crippen LogP contribution in [0.4, 0.5) is 5.82 Å². The summed E-state index contributed by atoms with van der Waals surface area (Å²) in [5.41, 5.74) is 6.00. The van der Waals surface area contributed by atoms with Gasteiger partial charge in [-0.15, -0.1) is 0 Å². The van der Waals surface area contributed by atoms with Crippen molar-refractivity contribution >= 4 is 17.7 Å². The van der Waals surface area contributed by atoms with Gasteiger partial charge in [0.05, 0.1) is 12.8 Å². The van der Waals surface area contributed by atoms with E-state index in [2.05, 4.69) is 12.0 Å². The fourth-order valence-corrected chi connectivity index (χ4v) is 1.66. The molecule has 0 atom stereocenters. The predicted molar refractivity (Wildman–Crippen MR) is 75.1 cm³/mol. The van der Waals surface area contributed by atoms with E-state index >= 15 is 0 Å². The van der Waals surface area contributed by atoms with Gasteiger partial charge in [0.15, 0.2) is 0 Å². The molecule has 20 heavy (non-hydrogen) atoms. The van der Waals surface area contributed by atoms with Gasteiger partial charge in [0.1, 0.15) is 17.9 Å². The first-order valence-electron chi connectivity index (χ1n) is 6.73. The summed E-state index contributed by atoms with van der Waals surface area (Å²) in [4.78, 5) is 25.2. The third kappa shape index (κ3) is 3.97. The number of carbonyl (C=O) groups excluding carboxylic acids is 2. The largest absolute Gasteiger partial charge is 0.462 e. The second kappa shape index (κ2) is 7.52. The molecule has 0 spiro atoms. The topological polar surface area (TPSA) is 90.5 Å². The van der Waals surface area contributed by atoms with Gasteiger partial charge < -0.3 is 15.4 Å². The molecule has 0 aliphatic heterocycles. The number of hydrogen-bond donors (Lipinski definition) is 1. The molecular formula is C13H22N4O3. The van der Waals surface area contributed by atoms with Crippen LogP contribution in [0, 0.1) is 0 Å². The molecule has 0 radical (unpaired) electrons. The number of ether oxygens (including phenoxy) is 1. The molecule has 0 aromatic carbocycles. The van der Waals surface area contributed by atoms with Crippen LogP contribution in [0.2, 0.25) is 0 Å². The Balaban J connectivity index is 2.69. The first-order valence-corrected chi connectivity index (χ1v) is 6.73. The van der Waals surface area contributed by atoms with E-state index in [-0.39, 0.29) is 30.4 Å². The van der Waals surface area contributed by atoms with E-state index in [1.165, 1.54) is 10.9 Å². The Labute approximate surface area is 118 Å². The Morgan fingerprint density at radius 1 is 1.45 bits per heavy atom. The minimum absolute atomic E-state index is 0.0193. The molecule has 0 fully saturated rings. The van der Waals surface area contributed by atoms with Gasteiger partial charge in [-0.2, -0.15) is 5.10 Å². The van der Waals surface area contributed by atoms with Crippen molar-refractivity contribution in [3.05, 3.63) is 11.8 Å². The fourth-order valence-electron chi connectivity index (χ4n) is 1.66. The number of rotatable bonds is 7. The van der Waals surface area contributed by atoms with E-state index in [0.29, 0.717) is 6.54 Å². The van der Waals surface area contributed by atoms with Crippen LogP contribution in [0.5, 0.6) is 0 Å². The second-order valence-corrected chi connectivity index (χ2v) is 4.49. The molecule has 0 saturated heterocycles. The number of carbonyl (C=O) groups is 2. The number of aromatic nitrogens is 2. The molecule has 7 heteroatoms. The number of hydrogen-bond acceptors (Lipinski definition) is 5. The quantitative estimate of drug-likeness (QED) is 0.750. The smallest absolute Gasteiger partial charge is 0.343 e. The zero-order valence-electron chi connectivity index (χ0n) is 12.3. The van der Waals surface area contributed by atoms with E-state index in [9.17, 15) is 9.59 Å². The van der Waals surface area contributed by atoms with E-state index in [0.717, 1.165) is 12.8 Å². The lowest BCUT2D eigenvalue weighted by Gasteiger charge is -2.17. The lowest BCUT2D eigenvalue weighted by molar-refractivity contribution is -0.130. The van der Waals surface area contributed by atoms with Gasteiger partial charge in [0.2, 0.25) is 5.91 Å². The first kappa shape index (κ1) is 16.0. The Bertz CT molecular complexity index is 470. The number of esters is 1. The number of nitrogen functional groups attached to an aromatic ring is 1. The number of amides is 1. The van der Waals surface area contributed by atoms with Crippen molar-refractivity contribution in [2.75, 3.05) is 25.9 Å². The van der Waals surface area contributed by atoms with Gasteiger partial charge in [-0.05, 0) is 13.3 Å².